The van der Waals surface area contributed by atoms with Gasteiger partial charge in [-0.15, -0.1) is 0 Å². The van der Waals surface area contributed by atoms with Crippen LogP contribution in [-0.4, -0.2) is 47.6 Å². The molecule has 126 valence electrons. The summed E-state index contributed by atoms with van der Waals surface area (Å²) in [6.45, 7) is 7.51. The Hall–Kier alpha value is -1.91. The maximum atomic E-state index is 5.61. The van der Waals surface area contributed by atoms with Crippen molar-refractivity contribution in [3.05, 3.63) is 59.4 Å². The second-order valence-electron chi connectivity index (χ2n) is 6.81. The fourth-order valence-corrected chi connectivity index (χ4v) is 3.69. The van der Waals surface area contributed by atoms with Gasteiger partial charge in [0, 0.05) is 45.0 Å². The number of aromatic nitrogens is 1. The second kappa shape index (κ2) is 7.32. The van der Waals surface area contributed by atoms with Crippen molar-refractivity contribution < 1.29 is 4.74 Å². The fraction of sp³-hybridized carbons (Fsp3) is 0.450. The van der Waals surface area contributed by atoms with Gasteiger partial charge in [0.2, 0.25) is 0 Å². The van der Waals surface area contributed by atoms with Crippen molar-refractivity contribution in [2.45, 2.75) is 25.9 Å². The number of rotatable bonds is 4. The molecule has 0 spiro atoms. The number of pyridine rings is 1. The Morgan fingerprint density at radius 2 is 1.79 bits per heavy atom. The Kier molecular flexibility index (Phi) is 4.76. The molecule has 1 saturated heterocycles. The van der Waals surface area contributed by atoms with Crippen molar-refractivity contribution in [2.24, 2.45) is 0 Å². The van der Waals surface area contributed by atoms with E-state index in [-0.39, 0.29) is 0 Å². The minimum atomic E-state index is 0.839. The van der Waals surface area contributed by atoms with Crippen LogP contribution in [0.4, 0.5) is 0 Å². The summed E-state index contributed by atoms with van der Waals surface area (Å²) in [4.78, 5) is 9.36. The lowest BCUT2D eigenvalue weighted by molar-refractivity contribution is 0.247. The van der Waals surface area contributed by atoms with E-state index >= 15 is 0 Å². The molecule has 2 aromatic rings. The maximum Gasteiger partial charge on any atom is 0.122 e. The molecule has 1 fully saturated rings. The average Bonchev–Trinajstić information content (AvgIpc) is 2.97. The van der Waals surface area contributed by atoms with Crippen LogP contribution in [0.15, 0.2) is 42.7 Å². The molecule has 1 aromatic heterocycles. The van der Waals surface area contributed by atoms with E-state index in [1.54, 1.807) is 0 Å². The predicted molar refractivity (Wildman–Crippen MR) is 95.0 cm³/mol. The standard InChI is InChI=1S/C20H25N3O/c1-3-18(14-21-7-1)16-23-9-2-8-22(10-11-23)15-17-4-5-20-19(13-17)6-12-24-20/h1,3-5,7,13-14H,2,6,8-12,15-16H2. The highest BCUT2D eigenvalue weighted by Crippen LogP contribution is 2.26. The Morgan fingerprint density at radius 1 is 0.958 bits per heavy atom. The summed E-state index contributed by atoms with van der Waals surface area (Å²) in [5.41, 5.74) is 4.10. The first-order valence-electron chi connectivity index (χ1n) is 8.95. The van der Waals surface area contributed by atoms with E-state index in [1.165, 1.54) is 36.2 Å². The SMILES string of the molecule is c1cncc(CN2CCCN(Cc3ccc4c(c3)CCO4)CC2)c1. The highest BCUT2D eigenvalue weighted by atomic mass is 16.5. The molecule has 4 nitrogen and oxygen atoms in total. The Morgan fingerprint density at radius 3 is 2.58 bits per heavy atom. The first-order chi connectivity index (χ1) is 11.9. The topological polar surface area (TPSA) is 28.6 Å². The zero-order chi connectivity index (χ0) is 16.2. The molecule has 0 bridgehead atoms. The summed E-state index contributed by atoms with van der Waals surface area (Å²) >= 11 is 0. The number of nitrogens with zero attached hydrogens (tertiary/aromatic N) is 3. The summed E-state index contributed by atoms with van der Waals surface area (Å²) in [5.74, 6) is 1.08. The van der Waals surface area contributed by atoms with Crippen molar-refractivity contribution in [2.75, 3.05) is 32.8 Å². The monoisotopic (exact) mass is 323 g/mol. The molecule has 4 heteroatoms. The van der Waals surface area contributed by atoms with Crippen molar-refractivity contribution in [1.82, 2.24) is 14.8 Å². The third-order valence-electron chi connectivity index (χ3n) is 4.97. The van der Waals surface area contributed by atoms with Gasteiger partial charge in [0.05, 0.1) is 6.61 Å². The lowest BCUT2D eigenvalue weighted by Gasteiger charge is -2.22. The van der Waals surface area contributed by atoms with Gasteiger partial charge >= 0.3 is 0 Å². The van der Waals surface area contributed by atoms with E-state index < -0.39 is 0 Å². The molecule has 4 rings (SSSR count). The Labute approximate surface area is 144 Å². The number of fused-ring (bicyclic) bond motifs is 1. The highest BCUT2D eigenvalue weighted by molar-refractivity contribution is 5.39. The van der Waals surface area contributed by atoms with Gasteiger partial charge in [-0.2, -0.15) is 0 Å². The molecule has 0 atom stereocenters. The number of benzene rings is 1. The van der Waals surface area contributed by atoms with Crippen LogP contribution in [0, 0.1) is 0 Å². The summed E-state index contributed by atoms with van der Waals surface area (Å²) in [5, 5.41) is 0. The van der Waals surface area contributed by atoms with E-state index in [0.29, 0.717) is 0 Å². The first-order valence-corrected chi connectivity index (χ1v) is 8.95. The van der Waals surface area contributed by atoms with Crippen LogP contribution in [0.25, 0.3) is 0 Å². The zero-order valence-corrected chi connectivity index (χ0v) is 14.2. The summed E-state index contributed by atoms with van der Waals surface area (Å²) in [7, 11) is 0. The van der Waals surface area contributed by atoms with Crippen LogP contribution in [-0.2, 0) is 19.5 Å². The van der Waals surface area contributed by atoms with Crippen LogP contribution in [0.2, 0.25) is 0 Å². The molecule has 0 amide bonds. The molecular formula is C20H25N3O. The van der Waals surface area contributed by atoms with Gasteiger partial charge in [-0.25, -0.2) is 0 Å². The number of ether oxygens (including phenoxy) is 1. The van der Waals surface area contributed by atoms with E-state index in [1.807, 2.05) is 18.5 Å². The summed E-state index contributed by atoms with van der Waals surface area (Å²) in [6.07, 6.45) is 6.11. The Bertz CT molecular complexity index is 674. The molecule has 2 aliphatic rings. The molecule has 1 aromatic carbocycles. The lowest BCUT2D eigenvalue weighted by Crippen LogP contribution is -2.30. The van der Waals surface area contributed by atoms with Gasteiger partial charge in [0.15, 0.2) is 0 Å². The largest absolute Gasteiger partial charge is 0.493 e. The normalized spacial score (nSPS) is 18.8. The number of hydrogen-bond acceptors (Lipinski definition) is 4. The molecule has 3 heterocycles. The minimum absolute atomic E-state index is 0.839. The summed E-state index contributed by atoms with van der Waals surface area (Å²) < 4.78 is 5.61. The van der Waals surface area contributed by atoms with Crippen molar-refractivity contribution >= 4 is 0 Å². The molecular weight excluding hydrogens is 298 g/mol. The quantitative estimate of drug-likeness (QED) is 0.865. The lowest BCUT2D eigenvalue weighted by atomic mass is 10.1. The second-order valence-corrected chi connectivity index (χ2v) is 6.81. The van der Waals surface area contributed by atoms with Crippen LogP contribution in [0.1, 0.15) is 23.1 Å². The third kappa shape index (κ3) is 3.77. The van der Waals surface area contributed by atoms with Crippen molar-refractivity contribution in [1.29, 1.82) is 0 Å². The van der Waals surface area contributed by atoms with Gasteiger partial charge in [-0.1, -0.05) is 18.2 Å². The zero-order valence-electron chi connectivity index (χ0n) is 14.2. The van der Waals surface area contributed by atoms with E-state index in [2.05, 4.69) is 39.0 Å². The molecule has 0 N–H and O–H groups in total. The van der Waals surface area contributed by atoms with E-state index in [0.717, 1.165) is 45.0 Å². The van der Waals surface area contributed by atoms with Gasteiger partial charge in [0.1, 0.15) is 5.75 Å². The molecule has 0 aliphatic carbocycles. The molecule has 0 unspecified atom stereocenters. The van der Waals surface area contributed by atoms with E-state index in [4.69, 9.17) is 4.74 Å². The van der Waals surface area contributed by atoms with Crippen LogP contribution >= 0.6 is 0 Å². The molecule has 2 aliphatic heterocycles. The van der Waals surface area contributed by atoms with Crippen molar-refractivity contribution in [3.8, 4) is 5.75 Å². The molecule has 0 radical (unpaired) electrons. The van der Waals surface area contributed by atoms with Gasteiger partial charge in [-0.05, 0) is 48.3 Å². The predicted octanol–water partition coefficient (Wildman–Crippen LogP) is 2.72. The van der Waals surface area contributed by atoms with Gasteiger partial charge in [-0.3, -0.25) is 14.8 Å². The molecule has 24 heavy (non-hydrogen) atoms. The fourth-order valence-electron chi connectivity index (χ4n) is 3.69. The number of hydrogen-bond donors (Lipinski definition) is 0. The minimum Gasteiger partial charge on any atom is -0.493 e. The van der Waals surface area contributed by atoms with Crippen LogP contribution < -0.4 is 4.74 Å². The smallest absolute Gasteiger partial charge is 0.122 e. The summed E-state index contributed by atoms with van der Waals surface area (Å²) in [6, 6.07) is 10.9. The maximum absolute atomic E-state index is 5.61. The Balaban J connectivity index is 1.33. The van der Waals surface area contributed by atoms with Crippen LogP contribution in [0.3, 0.4) is 0 Å². The third-order valence-corrected chi connectivity index (χ3v) is 4.97. The molecule has 0 saturated carbocycles. The van der Waals surface area contributed by atoms with Crippen molar-refractivity contribution in [3.63, 3.8) is 0 Å². The van der Waals surface area contributed by atoms with Gasteiger partial charge < -0.3 is 4.74 Å². The van der Waals surface area contributed by atoms with Gasteiger partial charge in [0.25, 0.3) is 0 Å². The first kappa shape index (κ1) is 15.6. The van der Waals surface area contributed by atoms with E-state index in [9.17, 15) is 0 Å². The van der Waals surface area contributed by atoms with Crippen LogP contribution in [0.5, 0.6) is 5.75 Å². The average molecular weight is 323 g/mol. The highest BCUT2D eigenvalue weighted by Gasteiger charge is 2.17.